The number of thioether (sulfide) groups is 1. The van der Waals surface area contributed by atoms with E-state index in [1.807, 2.05) is 6.26 Å². The SMILES string of the molecule is CCOC(=O)CNC(SC)c1ccc(OC)c2nc(C(F)(F)F)ccc12. The standard InChI is InChI=1S/C17H19F3N2O3S/c1-4-25-14(23)9-21-16(26-3)11-5-7-12(24-2)15-10(11)6-8-13(22-15)17(18,19)20/h5-8,16,21H,4,9H2,1-3H3. The van der Waals surface area contributed by atoms with Gasteiger partial charge in [-0.3, -0.25) is 10.1 Å². The number of hydrogen-bond donors (Lipinski definition) is 1. The van der Waals surface area contributed by atoms with Crippen LogP contribution in [0.25, 0.3) is 10.9 Å². The number of hydrogen-bond acceptors (Lipinski definition) is 6. The van der Waals surface area contributed by atoms with Crippen LogP contribution in [0, 0.1) is 0 Å². The lowest BCUT2D eigenvalue weighted by atomic mass is 10.1. The van der Waals surface area contributed by atoms with E-state index in [0.717, 1.165) is 6.07 Å². The fourth-order valence-corrected chi connectivity index (χ4v) is 3.18. The number of nitrogens with one attached hydrogen (secondary N) is 1. The van der Waals surface area contributed by atoms with E-state index in [9.17, 15) is 18.0 Å². The summed E-state index contributed by atoms with van der Waals surface area (Å²) in [6.07, 6.45) is -2.72. The smallest absolute Gasteiger partial charge is 0.433 e. The first-order valence-corrected chi connectivity index (χ1v) is 9.07. The lowest BCUT2D eigenvalue weighted by Gasteiger charge is -2.19. The van der Waals surface area contributed by atoms with E-state index < -0.39 is 17.8 Å². The van der Waals surface area contributed by atoms with Gasteiger partial charge in [0.15, 0.2) is 0 Å². The molecular weight excluding hydrogens is 369 g/mol. The van der Waals surface area contributed by atoms with Crippen molar-refractivity contribution < 1.29 is 27.4 Å². The largest absolute Gasteiger partial charge is 0.494 e. The number of carbonyl (C=O) groups excluding carboxylic acids is 1. The Morgan fingerprint density at radius 1 is 1.31 bits per heavy atom. The summed E-state index contributed by atoms with van der Waals surface area (Å²) in [7, 11) is 1.38. The highest BCUT2D eigenvalue weighted by molar-refractivity contribution is 7.98. The van der Waals surface area contributed by atoms with Crippen LogP contribution in [0.2, 0.25) is 0 Å². The molecule has 0 amide bonds. The van der Waals surface area contributed by atoms with Gasteiger partial charge in [-0.1, -0.05) is 12.1 Å². The molecule has 0 aliphatic carbocycles. The zero-order valence-electron chi connectivity index (χ0n) is 14.5. The first-order valence-electron chi connectivity index (χ1n) is 7.78. The fourth-order valence-electron chi connectivity index (χ4n) is 2.47. The van der Waals surface area contributed by atoms with Crippen molar-refractivity contribution in [3.8, 4) is 5.75 Å². The molecule has 0 fully saturated rings. The molecule has 0 saturated carbocycles. The quantitative estimate of drug-likeness (QED) is 0.576. The van der Waals surface area contributed by atoms with Crippen molar-refractivity contribution in [3.63, 3.8) is 0 Å². The van der Waals surface area contributed by atoms with Gasteiger partial charge in [0.2, 0.25) is 0 Å². The minimum absolute atomic E-state index is 0.0130. The van der Waals surface area contributed by atoms with Gasteiger partial charge >= 0.3 is 12.1 Å². The summed E-state index contributed by atoms with van der Waals surface area (Å²) in [4.78, 5) is 15.3. The molecule has 2 aromatic rings. The molecule has 0 aliphatic rings. The third-order valence-electron chi connectivity index (χ3n) is 3.62. The summed E-state index contributed by atoms with van der Waals surface area (Å²) < 4.78 is 49.0. The van der Waals surface area contributed by atoms with Gasteiger partial charge in [-0.15, -0.1) is 11.8 Å². The number of fused-ring (bicyclic) bond motifs is 1. The molecule has 1 atom stereocenters. The highest BCUT2D eigenvalue weighted by atomic mass is 32.2. The number of ether oxygens (including phenoxy) is 2. The maximum Gasteiger partial charge on any atom is 0.433 e. The number of nitrogens with zero attached hydrogens (tertiary/aromatic N) is 1. The van der Waals surface area contributed by atoms with E-state index in [1.165, 1.54) is 24.9 Å². The highest BCUT2D eigenvalue weighted by Gasteiger charge is 2.33. The average molecular weight is 388 g/mol. The zero-order valence-corrected chi connectivity index (χ0v) is 15.3. The van der Waals surface area contributed by atoms with Crippen LogP contribution >= 0.6 is 11.8 Å². The van der Waals surface area contributed by atoms with Gasteiger partial charge < -0.3 is 9.47 Å². The predicted molar refractivity (Wildman–Crippen MR) is 94.2 cm³/mol. The second-order valence-electron chi connectivity index (χ2n) is 5.25. The first kappa shape index (κ1) is 20.3. The van der Waals surface area contributed by atoms with Crippen LogP contribution in [0.4, 0.5) is 13.2 Å². The van der Waals surface area contributed by atoms with E-state index in [1.54, 1.807) is 19.1 Å². The minimum atomic E-state index is -4.55. The zero-order chi connectivity index (χ0) is 19.3. The van der Waals surface area contributed by atoms with Crippen LogP contribution in [0.5, 0.6) is 5.75 Å². The van der Waals surface area contributed by atoms with E-state index in [-0.39, 0.29) is 29.8 Å². The van der Waals surface area contributed by atoms with Gasteiger partial charge in [0.25, 0.3) is 0 Å². The summed E-state index contributed by atoms with van der Waals surface area (Å²) >= 11 is 1.41. The van der Waals surface area contributed by atoms with E-state index >= 15 is 0 Å². The predicted octanol–water partition coefficient (Wildman–Crippen LogP) is 3.78. The third kappa shape index (κ3) is 4.59. The summed E-state index contributed by atoms with van der Waals surface area (Å²) in [5.74, 6) is -0.151. The maximum absolute atomic E-state index is 13.0. The summed E-state index contributed by atoms with van der Waals surface area (Å²) in [5.41, 5.74) is -0.156. The summed E-state index contributed by atoms with van der Waals surface area (Å²) in [6, 6.07) is 5.63. The molecule has 1 aromatic heterocycles. The molecule has 1 unspecified atom stereocenters. The van der Waals surface area contributed by atoms with Crippen LogP contribution in [-0.4, -0.2) is 37.5 Å². The Morgan fingerprint density at radius 3 is 2.62 bits per heavy atom. The lowest BCUT2D eigenvalue weighted by Crippen LogP contribution is -2.27. The van der Waals surface area contributed by atoms with Gasteiger partial charge in [-0.05, 0) is 30.9 Å². The van der Waals surface area contributed by atoms with Crippen molar-refractivity contribution in [2.75, 3.05) is 26.5 Å². The Bertz CT molecular complexity index is 784. The molecule has 1 N–H and O–H groups in total. The van der Waals surface area contributed by atoms with E-state index in [2.05, 4.69) is 10.3 Å². The van der Waals surface area contributed by atoms with Crippen molar-refractivity contribution >= 4 is 28.6 Å². The van der Waals surface area contributed by atoms with Gasteiger partial charge in [-0.2, -0.15) is 13.2 Å². The Kier molecular flexibility index (Phi) is 6.71. The third-order valence-corrected chi connectivity index (χ3v) is 4.51. The maximum atomic E-state index is 13.0. The lowest BCUT2D eigenvalue weighted by molar-refractivity contribution is -0.142. The highest BCUT2D eigenvalue weighted by Crippen LogP contribution is 2.36. The molecule has 1 aromatic carbocycles. The number of methoxy groups -OCH3 is 1. The molecule has 2 rings (SSSR count). The van der Waals surface area contributed by atoms with Crippen LogP contribution in [0.3, 0.4) is 0 Å². The molecule has 5 nitrogen and oxygen atoms in total. The topological polar surface area (TPSA) is 60.5 Å². The number of alkyl halides is 3. The molecule has 0 saturated heterocycles. The second kappa shape index (κ2) is 8.59. The number of pyridine rings is 1. The van der Waals surface area contributed by atoms with E-state index in [0.29, 0.717) is 10.9 Å². The normalized spacial score (nSPS) is 12.8. The number of esters is 1. The molecule has 0 spiro atoms. The number of carbonyl (C=O) groups is 1. The second-order valence-corrected chi connectivity index (χ2v) is 6.19. The number of benzene rings is 1. The summed E-state index contributed by atoms with van der Waals surface area (Å²) in [5, 5.41) is 3.24. The van der Waals surface area contributed by atoms with Crippen molar-refractivity contribution in [2.45, 2.75) is 18.5 Å². The monoisotopic (exact) mass is 388 g/mol. The number of halogens is 3. The molecule has 0 bridgehead atoms. The van der Waals surface area contributed by atoms with Gasteiger partial charge in [0.1, 0.15) is 17.0 Å². The molecule has 0 aliphatic heterocycles. The number of aromatic nitrogens is 1. The Morgan fingerprint density at radius 2 is 2.04 bits per heavy atom. The van der Waals surface area contributed by atoms with Crippen molar-refractivity contribution in [3.05, 3.63) is 35.5 Å². The van der Waals surface area contributed by atoms with Crippen LogP contribution in [0.1, 0.15) is 23.6 Å². The van der Waals surface area contributed by atoms with Crippen LogP contribution < -0.4 is 10.1 Å². The molecule has 0 radical (unpaired) electrons. The van der Waals surface area contributed by atoms with Crippen LogP contribution in [0.15, 0.2) is 24.3 Å². The number of rotatable bonds is 7. The van der Waals surface area contributed by atoms with Gasteiger partial charge in [0, 0.05) is 5.39 Å². The fraction of sp³-hybridized carbons (Fsp3) is 0.412. The molecule has 26 heavy (non-hydrogen) atoms. The van der Waals surface area contributed by atoms with Crippen LogP contribution in [-0.2, 0) is 15.7 Å². The Hall–Kier alpha value is -2.00. The average Bonchev–Trinajstić information content (AvgIpc) is 2.61. The Labute approximate surface area is 153 Å². The van der Waals surface area contributed by atoms with E-state index in [4.69, 9.17) is 9.47 Å². The summed E-state index contributed by atoms with van der Waals surface area (Å²) in [6.45, 7) is 1.98. The first-order chi connectivity index (χ1) is 12.3. The van der Waals surface area contributed by atoms with Crippen molar-refractivity contribution in [1.82, 2.24) is 10.3 Å². The van der Waals surface area contributed by atoms with Gasteiger partial charge in [-0.25, -0.2) is 4.98 Å². The Balaban J connectivity index is 2.44. The molecule has 142 valence electrons. The van der Waals surface area contributed by atoms with Gasteiger partial charge in [0.05, 0.1) is 25.6 Å². The minimum Gasteiger partial charge on any atom is -0.494 e. The van der Waals surface area contributed by atoms with Crippen molar-refractivity contribution in [1.29, 1.82) is 0 Å². The van der Waals surface area contributed by atoms with Crippen molar-refractivity contribution in [2.24, 2.45) is 0 Å². The molecule has 1 heterocycles. The molecule has 9 heteroatoms. The molecular formula is C17H19F3N2O3S.